The van der Waals surface area contributed by atoms with Crippen molar-refractivity contribution in [3.63, 3.8) is 0 Å². The Labute approximate surface area is 144 Å². The molecule has 3 rings (SSSR count). The first-order chi connectivity index (χ1) is 12.2. The lowest BCUT2D eigenvalue weighted by molar-refractivity contribution is 0.180. The summed E-state index contributed by atoms with van der Waals surface area (Å²) in [6, 6.07) is 7.61. The zero-order valence-electron chi connectivity index (χ0n) is 14.1. The van der Waals surface area contributed by atoms with E-state index in [1.807, 2.05) is 12.1 Å². The Hall–Kier alpha value is -3.18. The van der Waals surface area contributed by atoms with Crippen LogP contribution in [0.15, 0.2) is 29.7 Å². The molecule has 1 aliphatic rings. The highest BCUT2D eigenvalue weighted by Crippen LogP contribution is 2.47. The molecule has 2 aromatic rings. The van der Waals surface area contributed by atoms with E-state index < -0.39 is 5.92 Å². The average Bonchev–Trinajstić information content (AvgIpc) is 3.02. The summed E-state index contributed by atoms with van der Waals surface area (Å²) in [7, 11) is 4.68. The number of ether oxygens (including phenoxy) is 4. The highest BCUT2D eigenvalue weighted by molar-refractivity contribution is 5.60. The summed E-state index contributed by atoms with van der Waals surface area (Å²) in [4.78, 5) is 0. The van der Waals surface area contributed by atoms with E-state index in [9.17, 15) is 5.26 Å². The molecule has 1 aliphatic heterocycles. The molecule has 0 saturated carbocycles. The number of hydrogen-bond acceptors (Lipinski definition) is 7. The van der Waals surface area contributed by atoms with Gasteiger partial charge in [-0.25, -0.2) is 0 Å². The lowest BCUT2D eigenvalue weighted by atomic mass is 9.83. The van der Waals surface area contributed by atoms with E-state index in [0.29, 0.717) is 28.6 Å². The van der Waals surface area contributed by atoms with Gasteiger partial charge in [-0.2, -0.15) is 5.26 Å². The number of rotatable bonds is 5. The van der Waals surface area contributed by atoms with E-state index in [1.54, 1.807) is 27.4 Å². The van der Waals surface area contributed by atoms with Crippen LogP contribution >= 0.6 is 0 Å². The normalized spacial score (nSPS) is 16.0. The predicted octanol–water partition coefficient (Wildman–Crippen LogP) is 1.79. The van der Waals surface area contributed by atoms with Gasteiger partial charge in [-0.1, -0.05) is 12.1 Å². The summed E-state index contributed by atoms with van der Waals surface area (Å²) in [5, 5.41) is 16.7. The summed E-state index contributed by atoms with van der Waals surface area (Å²) in [6.07, 6.45) is 0. The van der Waals surface area contributed by atoms with Crippen molar-refractivity contribution in [3.05, 3.63) is 46.5 Å². The second kappa shape index (κ2) is 6.75. The number of para-hydroxylation sites is 1. The van der Waals surface area contributed by atoms with Gasteiger partial charge in [-0.15, -0.1) is 5.10 Å². The van der Waals surface area contributed by atoms with Crippen LogP contribution in [0.2, 0.25) is 0 Å². The van der Waals surface area contributed by atoms with E-state index in [1.165, 1.54) is 0 Å². The molecule has 1 aromatic carbocycles. The van der Waals surface area contributed by atoms with Gasteiger partial charge in [-0.3, -0.25) is 5.10 Å². The summed E-state index contributed by atoms with van der Waals surface area (Å²) in [6.45, 7) is 0.285. The molecule has 130 valence electrons. The highest BCUT2D eigenvalue weighted by atomic mass is 16.5. The first-order valence-electron chi connectivity index (χ1n) is 7.50. The topological polar surface area (TPSA) is 115 Å². The number of benzene rings is 1. The molecule has 0 radical (unpaired) electrons. The maximum atomic E-state index is 9.67. The first-order valence-corrected chi connectivity index (χ1v) is 7.50. The lowest BCUT2D eigenvalue weighted by Gasteiger charge is -2.25. The van der Waals surface area contributed by atoms with Gasteiger partial charge >= 0.3 is 0 Å². The number of fused-ring (bicyclic) bond motifs is 1. The van der Waals surface area contributed by atoms with Gasteiger partial charge in [0, 0.05) is 12.7 Å². The molecule has 0 amide bonds. The number of H-pyrrole nitrogens is 1. The molecular formula is C17H18N4O4. The lowest BCUT2D eigenvalue weighted by Crippen LogP contribution is -2.21. The van der Waals surface area contributed by atoms with Crippen LogP contribution in [0.3, 0.4) is 0 Å². The third-order valence-corrected chi connectivity index (χ3v) is 4.05. The molecule has 8 heteroatoms. The summed E-state index contributed by atoms with van der Waals surface area (Å²) in [5.41, 5.74) is 8.35. The van der Waals surface area contributed by atoms with E-state index in [-0.39, 0.29) is 18.1 Å². The van der Waals surface area contributed by atoms with E-state index >= 15 is 0 Å². The Morgan fingerprint density at radius 3 is 2.76 bits per heavy atom. The van der Waals surface area contributed by atoms with E-state index in [0.717, 1.165) is 5.56 Å². The monoisotopic (exact) mass is 342 g/mol. The minimum atomic E-state index is -0.511. The number of aromatic nitrogens is 2. The molecular weight excluding hydrogens is 324 g/mol. The fourth-order valence-electron chi connectivity index (χ4n) is 3.01. The van der Waals surface area contributed by atoms with Crippen molar-refractivity contribution < 1.29 is 18.9 Å². The fraction of sp³-hybridized carbons (Fsp3) is 0.294. The van der Waals surface area contributed by atoms with Crippen molar-refractivity contribution in [3.8, 4) is 23.4 Å². The number of aromatic amines is 1. The van der Waals surface area contributed by atoms with E-state index in [4.69, 9.17) is 24.7 Å². The predicted molar refractivity (Wildman–Crippen MR) is 88.1 cm³/mol. The van der Waals surface area contributed by atoms with Crippen LogP contribution < -0.4 is 19.9 Å². The van der Waals surface area contributed by atoms with Crippen molar-refractivity contribution >= 4 is 0 Å². The number of hydrogen-bond donors (Lipinski definition) is 2. The molecule has 0 fully saturated rings. The fourth-order valence-corrected chi connectivity index (χ4v) is 3.01. The Balaban J connectivity index is 2.27. The van der Waals surface area contributed by atoms with Gasteiger partial charge in [0.1, 0.15) is 11.6 Å². The van der Waals surface area contributed by atoms with Crippen LogP contribution in [0.5, 0.6) is 17.4 Å². The van der Waals surface area contributed by atoms with Gasteiger partial charge in [0.05, 0.1) is 38.0 Å². The standard InChI is InChI=1S/C17H18N4O4/c1-22-8-11-14-13(9-5-4-6-12(23-2)15(9)24-3)10(7-18)16(19)25-17(14)21-20-11/h4-6,13H,8,19H2,1-3H3,(H,20,21)/t13-/m1/s1. The molecule has 25 heavy (non-hydrogen) atoms. The third-order valence-electron chi connectivity index (χ3n) is 4.05. The van der Waals surface area contributed by atoms with Crippen molar-refractivity contribution in [2.75, 3.05) is 21.3 Å². The summed E-state index contributed by atoms with van der Waals surface area (Å²) < 4.78 is 21.6. The maximum Gasteiger partial charge on any atom is 0.244 e. The second-order valence-electron chi connectivity index (χ2n) is 5.36. The molecule has 8 nitrogen and oxygen atoms in total. The van der Waals surface area contributed by atoms with Crippen LogP contribution in [0.1, 0.15) is 22.7 Å². The van der Waals surface area contributed by atoms with Crippen molar-refractivity contribution in [1.82, 2.24) is 10.2 Å². The minimum Gasteiger partial charge on any atom is -0.493 e. The molecule has 0 saturated heterocycles. The van der Waals surface area contributed by atoms with Crippen LogP contribution in [-0.4, -0.2) is 31.5 Å². The number of nitrogens with two attached hydrogens (primary N) is 1. The summed E-state index contributed by atoms with van der Waals surface area (Å²) >= 11 is 0. The van der Waals surface area contributed by atoms with Crippen LogP contribution in [-0.2, 0) is 11.3 Å². The van der Waals surface area contributed by atoms with Crippen LogP contribution in [0.25, 0.3) is 0 Å². The molecule has 1 atom stereocenters. The largest absolute Gasteiger partial charge is 0.493 e. The highest BCUT2D eigenvalue weighted by Gasteiger charge is 2.37. The third kappa shape index (κ3) is 2.64. The maximum absolute atomic E-state index is 9.67. The van der Waals surface area contributed by atoms with Crippen molar-refractivity contribution in [2.45, 2.75) is 12.5 Å². The Morgan fingerprint density at radius 2 is 2.12 bits per heavy atom. The number of nitriles is 1. The number of nitrogens with one attached hydrogen (secondary N) is 1. The van der Waals surface area contributed by atoms with Gasteiger partial charge in [0.2, 0.25) is 11.8 Å². The smallest absolute Gasteiger partial charge is 0.244 e. The quantitative estimate of drug-likeness (QED) is 0.851. The van der Waals surface area contributed by atoms with Gasteiger partial charge < -0.3 is 24.7 Å². The zero-order chi connectivity index (χ0) is 18.0. The average molecular weight is 342 g/mol. The molecule has 3 N–H and O–H groups in total. The van der Waals surface area contributed by atoms with E-state index in [2.05, 4.69) is 16.3 Å². The molecule has 1 aromatic heterocycles. The molecule has 2 heterocycles. The second-order valence-corrected chi connectivity index (χ2v) is 5.36. The SMILES string of the molecule is COCc1[nH]nc2c1[C@H](c1cccc(OC)c1OC)C(C#N)=C(N)O2. The van der Waals surface area contributed by atoms with Crippen LogP contribution in [0, 0.1) is 11.3 Å². The van der Waals surface area contributed by atoms with Crippen molar-refractivity contribution in [2.24, 2.45) is 5.73 Å². The molecule has 0 unspecified atom stereocenters. The minimum absolute atomic E-state index is 0.0142. The zero-order valence-corrected chi connectivity index (χ0v) is 14.1. The van der Waals surface area contributed by atoms with Crippen LogP contribution in [0.4, 0.5) is 0 Å². The summed E-state index contributed by atoms with van der Waals surface area (Å²) in [5.74, 6) is 0.898. The Morgan fingerprint density at radius 1 is 1.32 bits per heavy atom. The van der Waals surface area contributed by atoms with Gasteiger partial charge in [0.15, 0.2) is 11.5 Å². The van der Waals surface area contributed by atoms with Gasteiger partial charge in [0.25, 0.3) is 0 Å². The number of methoxy groups -OCH3 is 3. The number of allylic oxidation sites excluding steroid dienone is 1. The molecule has 0 bridgehead atoms. The Kier molecular flexibility index (Phi) is 4.50. The first kappa shape index (κ1) is 16.7. The number of nitrogens with zero attached hydrogens (tertiary/aromatic N) is 2. The molecule has 0 aliphatic carbocycles. The van der Waals surface area contributed by atoms with Crippen molar-refractivity contribution in [1.29, 1.82) is 5.26 Å². The van der Waals surface area contributed by atoms with Gasteiger partial charge in [-0.05, 0) is 6.07 Å². The Bertz CT molecular complexity index is 866. The molecule has 0 spiro atoms.